The second-order valence-electron chi connectivity index (χ2n) is 8.02. The average molecular weight is 431 g/mol. The fourth-order valence-corrected chi connectivity index (χ4v) is 3.85. The number of aliphatic hydroxyl groups excluding tert-OH is 1. The molecule has 1 unspecified atom stereocenters. The molecule has 0 bridgehead atoms. The van der Waals surface area contributed by atoms with Crippen LogP contribution in [0.2, 0.25) is 0 Å². The van der Waals surface area contributed by atoms with E-state index in [0.29, 0.717) is 13.2 Å². The molecule has 31 heavy (non-hydrogen) atoms. The average Bonchev–Trinajstić information content (AvgIpc) is 2.78. The van der Waals surface area contributed by atoms with Crippen LogP contribution in [0.25, 0.3) is 0 Å². The van der Waals surface area contributed by atoms with Crippen molar-refractivity contribution in [2.45, 2.75) is 25.0 Å². The van der Waals surface area contributed by atoms with Gasteiger partial charge in [-0.25, -0.2) is 8.78 Å². The van der Waals surface area contributed by atoms with E-state index in [-0.39, 0.29) is 23.8 Å². The standard InChI is InChI=1S/C25H32F2N2O2/c1-2-3-4-24(30)19-29-15-13-28(14-16-29)17-18-31-25(20-5-9-22(26)10-6-20)21-7-11-23(27)12-8-21/h2,5-12,24-25,30H,1,3-4,13-19H2. The van der Waals surface area contributed by atoms with E-state index in [1.165, 1.54) is 24.3 Å². The number of piperazine rings is 1. The van der Waals surface area contributed by atoms with Gasteiger partial charge in [0.05, 0.1) is 12.7 Å². The van der Waals surface area contributed by atoms with Gasteiger partial charge in [0.1, 0.15) is 17.7 Å². The fraction of sp³-hybridized carbons (Fsp3) is 0.440. The van der Waals surface area contributed by atoms with Gasteiger partial charge in [0.25, 0.3) is 0 Å². The fourth-order valence-electron chi connectivity index (χ4n) is 3.85. The van der Waals surface area contributed by atoms with Crippen molar-refractivity contribution >= 4 is 0 Å². The first-order valence-corrected chi connectivity index (χ1v) is 10.9. The van der Waals surface area contributed by atoms with Crippen molar-refractivity contribution in [1.82, 2.24) is 9.80 Å². The van der Waals surface area contributed by atoms with Gasteiger partial charge in [0, 0.05) is 39.3 Å². The summed E-state index contributed by atoms with van der Waals surface area (Å²) in [7, 11) is 0. The van der Waals surface area contributed by atoms with Crippen LogP contribution in [0.1, 0.15) is 30.1 Å². The Kier molecular flexibility index (Phi) is 9.15. The van der Waals surface area contributed by atoms with E-state index >= 15 is 0 Å². The number of aliphatic hydroxyl groups is 1. The van der Waals surface area contributed by atoms with Crippen molar-refractivity contribution < 1.29 is 18.6 Å². The predicted molar refractivity (Wildman–Crippen MR) is 119 cm³/mol. The third-order valence-electron chi connectivity index (χ3n) is 5.68. The molecule has 1 aliphatic rings. The predicted octanol–water partition coefficient (Wildman–Crippen LogP) is 4.02. The van der Waals surface area contributed by atoms with Crippen molar-refractivity contribution in [3.05, 3.63) is 83.9 Å². The van der Waals surface area contributed by atoms with Crippen LogP contribution in [-0.4, -0.2) is 66.9 Å². The first-order valence-electron chi connectivity index (χ1n) is 10.9. The summed E-state index contributed by atoms with van der Waals surface area (Å²) in [4.78, 5) is 4.64. The first kappa shape index (κ1) is 23.5. The molecule has 1 heterocycles. The number of halogens is 2. The Balaban J connectivity index is 1.49. The van der Waals surface area contributed by atoms with Crippen LogP contribution < -0.4 is 0 Å². The van der Waals surface area contributed by atoms with Gasteiger partial charge >= 0.3 is 0 Å². The summed E-state index contributed by atoms with van der Waals surface area (Å²) in [5, 5.41) is 10.1. The van der Waals surface area contributed by atoms with E-state index in [0.717, 1.165) is 56.7 Å². The molecule has 1 fully saturated rings. The highest BCUT2D eigenvalue weighted by atomic mass is 19.1. The molecule has 1 aliphatic heterocycles. The number of nitrogens with zero attached hydrogens (tertiary/aromatic N) is 2. The monoisotopic (exact) mass is 430 g/mol. The molecule has 0 radical (unpaired) electrons. The SMILES string of the molecule is C=CCCC(O)CN1CCN(CCOC(c2ccc(F)cc2)c2ccc(F)cc2)CC1. The molecule has 0 saturated carbocycles. The number of rotatable bonds is 11. The minimum Gasteiger partial charge on any atom is -0.392 e. The van der Waals surface area contributed by atoms with Gasteiger partial charge in [-0.2, -0.15) is 0 Å². The molecule has 1 N–H and O–H groups in total. The summed E-state index contributed by atoms with van der Waals surface area (Å²) in [6, 6.07) is 12.5. The number of ether oxygens (including phenoxy) is 1. The molecule has 2 aromatic rings. The summed E-state index contributed by atoms with van der Waals surface area (Å²) >= 11 is 0. The van der Waals surface area contributed by atoms with Gasteiger partial charge in [-0.05, 0) is 48.2 Å². The maximum atomic E-state index is 13.4. The van der Waals surface area contributed by atoms with Crippen molar-refractivity contribution in [3.8, 4) is 0 Å². The minimum absolute atomic E-state index is 0.297. The van der Waals surface area contributed by atoms with E-state index in [9.17, 15) is 13.9 Å². The zero-order chi connectivity index (χ0) is 22.1. The summed E-state index contributed by atoms with van der Waals surface area (Å²) in [5.74, 6) is -0.594. The van der Waals surface area contributed by atoms with E-state index in [1.807, 2.05) is 6.08 Å². The zero-order valence-electron chi connectivity index (χ0n) is 17.9. The van der Waals surface area contributed by atoms with Crippen LogP contribution in [-0.2, 0) is 4.74 Å². The number of hydrogen-bond acceptors (Lipinski definition) is 4. The molecule has 168 valence electrons. The molecular formula is C25H32F2N2O2. The lowest BCUT2D eigenvalue weighted by atomic mass is 10.0. The quantitative estimate of drug-likeness (QED) is 0.547. The summed E-state index contributed by atoms with van der Waals surface area (Å²) in [6.45, 7) is 9.40. The zero-order valence-corrected chi connectivity index (χ0v) is 17.9. The smallest absolute Gasteiger partial charge is 0.123 e. The lowest BCUT2D eigenvalue weighted by molar-refractivity contribution is 0.0343. The van der Waals surface area contributed by atoms with Crippen LogP contribution in [0.4, 0.5) is 8.78 Å². The molecule has 4 nitrogen and oxygen atoms in total. The van der Waals surface area contributed by atoms with Gasteiger partial charge in [0.2, 0.25) is 0 Å². The van der Waals surface area contributed by atoms with E-state index in [1.54, 1.807) is 24.3 Å². The van der Waals surface area contributed by atoms with Crippen LogP contribution in [0.15, 0.2) is 61.2 Å². The molecular weight excluding hydrogens is 398 g/mol. The molecule has 0 spiro atoms. The Hall–Kier alpha value is -2.12. The number of hydrogen-bond donors (Lipinski definition) is 1. The van der Waals surface area contributed by atoms with Crippen LogP contribution in [0, 0.1) is 11.6 Å². The van der Waals surface area contributed by atoms with Gasteiger partial charge in [0.15, 0.2) is 0 Å². The Morgan fingerprint density at radius 3 is 1.94 bits per heavy atom. The van der Waals surface area contributed by atoms with Gasteiger partial charge in [-0.1, -0.05) is 30.3 Å². The third kappa shape index (κ3) is 7.51. The van der Waals surface area contributed by atoms with Gasteiger partial charge in [-0.15, -0.1) is 6.58 Å². The largest absolute Gasteiger partial charge is 0.392 e. The molecule has 1 atom stereocenters. The highest BCUT2D eigenvalue weighted by Gasteiger charge is 2.20. The van der Waals surface area contributed by atoms with Crippen molar-refractivity contribution in [2.75, 3.05) is 45.9 Å². The summed E-state index contributed by atoms with van der Waals surface area (Å²) < 4.78 is 32.9. The lowest BCUT2D eigenvalue weighted by Crippen LogP contribution is -2.49. The van der Waals surface area contributed by atoms with Crippen molar-refractivity contribution in [1.29, 1.82) is 0 Å². The number of benzene rings is 2. The number of allylic oxidation sites excluding steroid dienone is 1. The summed E-state index contributed by atoms with van der Waals surface area (Å²) in [5.41, 5.74) is 1.68. The number of β-amino-alcohol motifs (C(OH)–C–C–N with tert-alkyl or cyclic N) is 1. The van der Waals surface area contributed by atoms with Crippen molar-refractivity contribution in [3.63, 3.8) is 0 Å². The maximum Gasteiger partial charge on any atom is 0.123 e. The lowest BCUT2D eigenvalue weighted by Gasteiger charge is -2.35. The molecule has 0 aliphatic carbocycles. The Bertz CT molecular complexity index is 745. The Labute approximate surface area is 183 Å². The molecule has 3 rings (SSSR count). The minimum atomic E-state index is -0.373. The highest BCUT2D eigenvalue weighted by molar-refractivity contribution is 5.30. The van der Waals surface area contributed by atoms with E-state index in [2.05, 4.69) is 16.4 Å². The third-order valence-corrected chi connectivity index (χ3v) is 5.68. The summed E-state index contributed by atoms with van der Waals surface area (Å²) in [6.07, 6.45) is 2.75. The van der Waals surface area contributed by atoms with E-state index in [4.69, 9.17) is 4.74 Å². The Morgan fingerprint density at radius 1 is 0.903 bits per heavy atom. The van der Waals surface area contributed by atoms with Gasteiger partial charge < -0.3 is 9.84 Å². The first-order chi connectivity index (χ1) is 15.0. The normalized spacial score (nSPS) is 16.5. The van der Waals surface area contributed by atoms with Crippen LogP contribution >= 0.6 is 0 Å². The van der Waals surface area contributed by atoms with Crippen molar-refractivity contribution in [2.24, 2.45) is 0 Å². The molecule has 1 saturated heterocycles. The molecule has 6 heteroatoms. The Morgan fingerprint density at radius 2 is 1.42 bits per heavy atom. The van der Waals surface area contributed by atoms with Crippen LogP contribution in [0.5, 0.6) is 0 Å². The topological polar surface area (TPSA) is 35.9 Å². The second-order valence-corrected chi connectivity index (χ2v) is 8.02. The second kappa shape index (κ2) is 12.1. The molecule has 0 amide bonds. The van der Waals surface area contributed by atoms with Crippen LogP contribution in [0.3, 0.4) is 0 Å². The van der Waals surface area contributed by atoms with E-state index < -0.39 is 0 Å². The molecule has 0 aromatic heterocycles. The highest BCUT2D eigenvalue weighted by Crippen LogP contribution is 2.26. The maximum absolute atomic E-state index is 13.4. The van der Waals surface area contributed by atoms with Gasteiger partial charge in [-0.3, -0.25) is 9.80 Å². The molecule has 2 aromatic carbocycles.